The minimum atomic E-state index is 0.340. The summed E-state index contributed by atoms with van der Waals surface area (Å²) in [4.78, 5) is 0. The summed E-state index contributed by atoms with van der Waals surface area (Å²) >= 11 is 0. The van der Waals surface area contributed by atoms with Gasteiger partial charge in [0, 0.05) is 19.2 Å². The van der Waals surface area contributed by atoms with E-state index in [1.54, 1.807) is 0 Å². The first-order chi connectivity index (χ1) is 7.79. The summed E-state index contributed by atoms with van der Waals surface area (Å²) in [7, 11) is 0. The lowest BCUT2D eigenvalue weighted by atomic mass is 9.84. The zero-order chi connectivity index (χ0) is 11.4. The molecule has 3 nitrogen and oxygen atoms in total. The minimum absolute atomic E-state index is 0.340. The largest absolute Gasteiger partial charge is 0.396 e. The van der Waals surface area contributed by atoms with Gasteiger partial charge < -0.3 is 16.2 Å². The van der Waals surface area contributed by atoms with Crippen molar-refractivity contribution >= 4 is 0 Å². The van der Waals surface area contributed by atoms with E-state index in [2.05, 4.69) is 5.32 Å². The first-order valence-corrected chi connectivity index (χ1v) is 6.84. The maximum Gasteiger partial charge on any atom is 0.0436 e. The van der Waals surface area contributed by atoms with E-state index in [4.69, 9.17) is 10.8 Å². The van der Waals surface area contributed by atoms with Crippen LogP contribution in [0.25, 0.3) is 0 Å². The van der Waals surface area contributed by atoms with Crippen molar-refractivity contribution in [1.82, 2.24) is 5.32 Å². The van der Waals surface area contributed by atoms with E-state index in [9.17, 15) is 0 Å². The number of hydrogen-bond acceptors (Lipinski definition) is 3. The van der Waals surface area contributed by atoms with Crippen LogP contribution in [0.15, 0.2) is 0 Å². The predicted octanol–water partition coefficient (Wildman–Crippen LogP) is 1.26. The van der Waals surface area contributed by atoms with Crippen molar-refractivity contribution in [2.24, 2.45) is 17.1 Å². The van der Waals surface area contributed by atoms with Gasteiger partial charge in [0.15, 0.2) is 0 Å². The van der Waals surface area contributed by atoms with Crippen molar-refractivity contribution in [2.75, 3.05) is 19.7 Å². The molecule has 2 unspecified atom stereocenters. The lowest BCUT2D eigenvalue weighted by molar-refractivity contribution is 0.220. The molecule has 0 heterocycles. The topological polar surface area (TPSA) is 58.3 Å². The number of nitrogens with two attached hydrogens (primary N) is 1. The van der Waals surface area contributed by atoms with Gasteiger partial charge in [0.05, 0.1) is 0 Å². The summed E-state index contributed by atoms with van der Waals surface area (Å²) < 4.78 is 0. The third kappa shape index (κ3) is 2.96. The molecular weight excluding hydrogens is 200 g/mol. The summed E-state index contributed by atoms with van der Waals surface area (Å²) in [5.41, 5.74) is 6.26. The Kier molecular flexibility index (Phi) is 4.22. The van der Waals surface area contributed by atoms with E-state index in [0.717, 1.165) is 19.5 Å². The molecule has 3 heteroatoms. The zero-order valence-electron chi connectivity index (χ0n) is 10.3. The van der Waals surface area contributed by atoms with Crippen LogP contribution in [-0.2, 0) is 0 Å². The highest BCUT2D eigenvalue weighted by atomic mass is 16.3. The van der Waals surface area contributed by atoms with Crippen LogP contribution in [0.5, 0.6) is 0 Å². The van der Waals surface area contributed by atoms with E-state index in [-0.39, 0.29) is 0 Å². The summed E-state index contributed by atoms with van der Waals surface area (Å²) in [6, 6.07) is 0.634. The number of nitrogens with one attached hydrogen (secondary N) is 1. The number of aliphatic hydroxyl groups is 1. The molecule has 94 valence electrons. The van der Waals surface area contributed by atoms with E-state index in [1.807, 2.05) is 0 Å². The highest BCUT2D eigenvalue weighted by Gasteiger charge is 2.42. The Morgan fingerprint density at radius 3 is 2.62 bits per heavy atom. The molecule has 0 radical (unpaired) electrons. The SMILES string of the molecule is NCC1CCCCC1NCC1(CCO)CC1. The third-order valence-corrected chi connectivity index (χ3v) is 4.55. The Labute approximate surface area is 98.8 Å². The molecule has 16 heavy (non-hydrogen) atoms. The van der Waals surface area contributed by atoms with Crippen LogP contribution in [0.1, 0.15) is 44.9 Å². The van der Waals surface area contributed by atoms with Crippen LogP contribution in [0, 0.1) is 11.3 Å². The molecule has 0 amide bonds. The molecule has 2 fully saturated rings. The molecule has 0 aromatic heterocycles. The van der Waals surface area contributed by atoms with Crippen LogP contribution in [0.2, 0.25) is 0 Å². The Morgan fingerprint density at radius 2 is 2.00 bits per heavy atom. The van der Waals surface area contributed by atoms with Crippen molar-refractivity contribution in [3.8, 4) is 0 Å². The molecule has 0 aromatic carbocycles. The average Bonchev–Trinajstić information content (AvgIpc) is 3.08. The van der Waals surface area contributed by atoms with Gasteiger partial charge in [0.1, 0.15) is 0 Å². The van der Waals surface area contributed by atoms with Crippen LogP contribution >= 0.6 is 0 Å². The van der Waals surface area contributed by atoms with Gasteiger partial charge in [0.25, 0.3) is 0 Å². The normalized spacial score (nSPS) is 32.6. The van der Waals surface area contributed by atoms with Gasteiger partial charge in [0.2, 0.25) is 0 Å². The summed E-state index contributed by atoms with van der Waals surface area (Å²) in [5.74, 6) is 0.679. The molecule has 0 saturated heterocycles. The van der Waals surface area contributed by atoms with E-state index in [0.29, 0.717) is 24.0 Å². The Balaban J connectivity index is 1.75. The first kappa shape index (κ1) is 12.3. The number of aliphatic hydroxyl groups excluding tert-OH is 1. The van der Waals surface area contributed by atoms with Crippen molar-refractivity contribution in [1.29, 1.82) is 0 Å². The molecule has 0 aromatic rings. The van der Waals surface area contributed by atoms with Gasteiger partial charge >= 0.3 is 0 Å². The van der Waals surface area contributed by atoms with Crippen LogP contribution in [0.4, 0.5) is 0 Å². The molecule has 0 aliphatic heterocycles. The summed E-state index contributed by atoms with van der Waals surface area (Å²) in [6.07, 6.45) is 8.84. The van der Waals surface area contributed by atoms with Gasteiger partial charge in [-0.15, -0.1) is 0 Å². The average molecular weight is 226 g/mol. The second-order valence-electron chi connectivity index (χ2n) is 5.74. The minimum Gasteiger partial charge on any atom is -0.396 e. The fraction of sp³-hybridized carbons (Fsp3) is 1.00. The van der Waals surface area contributed by atoms with Crippen LogP contribution in [0.3, 0.4) is 0 Å². The smallest absolute Gasteiger partial charge is 0.0436 e. The second-order valence-corrected chi connectivity index (χ2v) is 5.74. The highest BCUT2D eigenvalue weighted by Crippen LogP contribution is 2.48. The fourth-order valence-electron chi connectivity index (χ4n) is 3.04. The molecule has 4 N–H and O–H groups in total. The maximum atomic E-state index is 9.03. The van der Waals surface area contributed by atoms with Gasteiger partial charge in [-0.3, -0.25) is 0 Å². The lowest BCUT2D eigenvalue weighted by Crippen LogP contribution is -2.44. The molecule has 2 aliphatic carbocycles. The highest BCUT2D eigenvalue weighted by molar-refractivity contribution is 4.96. The van der Waals surface area contributed by atoms with Crippen molar-refractivity contribution in [3.05, 3.63) is 0 Å². The quantitative estimate of drug-likeness (QED) is 0.639. The molecule has 2 aliphatic rings. The van der Waals surface area contributed by atoms with Crippen molar-refractivity contribution in [2.45, 2.75) is 51.0 Å². The molecule has 2 saturated carbocycles. The Morgan fingerprint density at radius 1 is 1.25 bits per heavy atom. The van der Waals surface area contributed by atoms with Crippen molar-refractivity contribution < 1.29 is 5.11 Å². The third-order valence-electron chi connectivity index (χ3n) is 4.55. The molecule has 0 bridgehead atoms. The predicted molar refractivity (Wildman–Crippen MR) is 66.2 cm³/mol. The van der Waals surface area contributed by atoms with Crippen LogP contribution < -0.4 is 11.1 Å². The Hall–Kier alpha value is -0.120. The molecule has 2 atom stereocenters. The molecule has 2 rings (SSSR count). The first-order valence-electron chi connectivity index (χ1n) is 6.84. The van der Waals surface area contributed by atoms with Gasteiger partial charge in [-0.1, -0.05) is 12.8 Å². The van der Waals surface area contributed by atoms with Gasteiger partial charge in [-0.25, -0.2) is 0 Å². The van der Waals surface area contributed by atoms with E-state index < -0.39 is 0 Å². The lowest BCUT2D eigenvalue weighted by Gasteiger charge is -2.32. The number of hydrogen-bond donors (Lipinski definition) is 3. The summed E-state index contributed by atoms with van der Waals surface area (Å²) in [5, 5.41) is 12.7. The van der Waals surface area contributed by atoms with E-state index >= 15 is 0 Å². The summed E-state index contributed by atoms with van der Waals surface area (Å²) in [6.45, 7) is 2.26. The zero-order valence-corrected chi connectivity index (χ0v) is 10.3. The monoisotopic (exact) mass is 226 g/mol. The van der Waals surface area contributed by atoms with E-state index in [1.165, 1.54) is 38.5 Å². The molecular formula is C13H26N2O. The van der Waals surface area contributed by atoms with Crippen LogP contribution in [-0.4, -0.2) is 30.8 Å². The molecule has 0 spiro atoms. The van der Waals surface area contributed by atoms with Crippen molar-refractivity contribution in [3.63, 3.8) is 0 Å². The fourth-order valence-corrected chi connectivity index (χ4v) is 3.04. The Bertz CT molecular complexity index is 216. The second kappa shape index (κ2) is 5.48. The standard InChI is InChI=1S/C13H26N2O/c14-9-11-3-1-2-4-12(11)15-10-13(5-6-13)7-8-16/h11-12,15-16H,1-10,14H2. The number of rotatable bonds is 6. The van der Waals surface area contributed by atoms with Gasteiger partial charge in [-0.05, 0) is 50.0 Å². The van der Waals surface area contributed by atoms with Gasteiger partial charge in [-0.2, -0.15) is 0 Å². The maximum absolute atomic E-state index is 9.03.